The number of hydrogen-bond acceptors (Lipinski definition) is 1. The number of nitrogens with zero attached hydrogens (tertiary/aromatic N) is 2. The van der Waals surface area contributed by atoms with E-state index in [0.717, 1.165) is 23.3 Å². The lowest BCUT2D eigenvalue weighted by atomic mass is 10.0. The molecule has 2 unspecified atom stereocenters. The topological polar surface area (TPSA) is 25.2 Å². The van der Waals surface area contributed by atoms with Crippen molar-refractivity contribution in [2.75, 3.05) is 13.1 Å². The van der Waals surface area contributed by atoms with Gasteiger partial charge in [-0.15, -0.1) is 0 Å². The zero-order valence-corrected chi connectivity index (χ0v) is 13.1. The van der Waals surface area contributed by atoms with E-state index < -0.39 is 0 Å². The van der Waals surface area contributed by atoms with Gasteiger partial charge in [0.1, 0.15) is 5.69 Å². The molecule has 100 valence electrons. The normalized spacial score (nSPS) is 24.0. The van der Waals surface area contributed by atoms with Crippen LogP contribution in [0.4, 0.5) is 0 Å². The van der Waals surface area contributed by atoms with Crippen LogP contribution < -0.4 is 0 Å². The number of rotatable bonds is 2. The van der Waals surface area contributed by atoms with E-state index in [0.29, 0.717) is 17.9 Å². The molecule has 2 heterocycles. The summed E-state index contributed by atoms with van der Waals surface area (Å²) in [5.74, 6) is 1.35. The van der Waals surface area contributed by atoms with Gasteiger partial charge in [0.25, 0.3) is 5.91 Å². The van der Waals surface area contributed by atoms with Gasteiger partial charge in [-0.25, -0.2) is 0 Å². The summed E-state index contributed by atoms with van der Waals surface area (Å²) in [6, 6.07) is 2.23. The monoisotopic (exact) mass is 312 g/mol. The van der Waals surface area contributed by atoms with E-state index in [1.165, 1.54) is 0 Å². The van der Waals surface area contributed by atoms with Crippen LogP contribution in [0.5, 0.6) is 0 Å². The van der Waals surface area contributed by atoms with Crippen molar-refractivity contribution in [2.45, 2.75) is 33.7 Å². The molecule has 1 aliphatic rings. The Hall–Kier alpha value is -0.770. The lowest BCUT2D eigenvalue weighted by Gasteiger charge is -2.19. The molecule has 0 aliphatic carbocycles. The van der Waals surface area contributed by atoms with Crippen LogP contribution in [0.3, 0.4) is 0 Å². The van der Waals surface area contributed by atoms with E-state index in [1.54, 1.807) is 0 Å². The van der Waals surface area contributed by atoms with Gasteiger partial charge in [-0.3, -0.25) is 4.79 Å². The molecule has 4 heteroatoms. The third-order valence-electron chi connectivity index (χ3n) is 3.87. The summed E-state index contributed by atoms with van der Waals surface area (Å²) < 4.78 is 3.01. The van der Waals surface area contributed by atoms with Gasteiger partial charge >= 0.3 is 0 Å². The minimum atomic E-state index is 0.158. The van der Waals surface area contributed by atoms with Gasteiger partial charge in [-0.2, -0.15) is 0 Å². The van der Waals surface area contributed by atoms with Crippen molar-refractivity contribution in [1.82, 2.24) is 9.47 Å². The van der Waals surface area contributed by atoms with Crippen LogP contribution in [0, 0.1) is 11.8 Å². The highest BCUT2D eigenvalue weighted by Gasteiger charge is 2.31. The Morgan fingerprint density at radius 2 is 1.89 bits per heavy atom. The molecule has 1 amide bonds. The Bertz CT molecular complexity index is 443. The average Bonchev–Trinajstić information content (AvgIpc) is 2.82. The number of carbonyl (C=O) groups excluding carboxylic acids is 1. The molecule has 1 aromatic heterocycles. The molecule has 0 radical (unpaired) electrons. The number of aromatic nitrogens is 1. The zero-order valence-electron chi connectivity index (χ0n) is 11.5. The molecule has 3 nitrogen and oxygen atoms in total. The van der Waals surface area contributed by atoms with Crippen LogP contribution in [0.25, 0.3) is 0 Å². The first-order valence-electron chi connectivity index (χ1n) is 6.56. The molecule has 1 saturated heterocycles. The fourth-order valence-corrected chi connectivity index (χ4v) is 2.94. The second-order valence-corrected chi connectivity index (χ2v) is 6.62. The summed E-state index contributed by atoms with van der Waals surface area (Å²) in [5.41, 5.74) is 0.790. The van der Waals surface area contributed by atoms with Gasteiger partial charge in [-0.1, -0.05) is 13.8 Å². The highest BCUT2D eigenvalue weighted by atomic mass is 79.9. The number of amides is 1. The summed E-state index contributed by atoms with van der Waals surface area (Å²) in [6.45, 7) is 10.4. The summed E-state index contributed by atoms with van der Waals surface area (Å²) in [5, 5.41) is 0. The lowest BCUT2D eigenvalue weighted by molar-refractivity contribution is 0.0772. The first kappa shape index (κ1) is 13.7. The maximum absolute atomic E-state index is 12.6. The second-order valence-electron chi connectivity index (χ2n) is 5.71. The van der Waals surface area contributed by atoms with E-state index in [1.807, 2.05) is 21.7 Å². The number of carbonyl (C=O) groups is 1. The highest BCUT2D eigenvalue weighted by Crippen LogP contribution is 2.26. The minimum absolute atomic E-state index is 0.158. The molecule has 1 aliphatic heterocycles. The van der Waals surface area contributed by atoms with Gasteiger partial charge < -0.3 is 9.47 Å². The predicted molar refractivity (Wildman–Crippen MR) is 76.7 cm³/mol. The van der Waals surface area contributed by atoms with Crippen molar-refractivity contribution in [3.63, 3.8) is 0 Å². The fourth-order valence-electron chi connectivity index (χ4n) is 2.50. The van der Waals surface area contributed by atoms with Gasteiger partial charge in [0, 0.05) is 29.8 Å². The van der Waals surface area contributed by atoms with E-state index >= 15 is 0 Å². The van der Waals surface area contributed by atoms with Gasteiger partial charge in [0.05, 0.1) is 0 Å². The van der Waals surface area contributed by atoms with Crippen LogP contribution in [0.15, 0.2) is 16.7 Å². The molecular weight excluding hydrogens is 292 g/mol. The van der Waals surface area contributed by atoms with Crippen LogP contribution in [-0.4, -0.2) is 28.5 Å². The molecule has 0 saturated carbocycles. The molecule has 0 N–H and O–H groups in total. The standard InChI is InChI=1S/C14H21BrN2O/c1-9(2)17-8-12(15)5-13(17)14(18)16-6-10(3)11(4)7-16/h5,8-11H,6-7H2,1-4H3. The second kappa shape index (κ2) is 5.08. The molecule has 0 bridgehead atoms. The molecule has 18 heavy (non-hydrogen) atoms. The maximum Gasteiger partial charge on any atom is 0.270 e. The summed E-state index contributed by atoms with van der Waals surface area (Å²) in [6.07, 6.45) is 1.99. The quantitative estimate of drug-likeness (QED) is 0.819. The first-order valence-corrected chi connectivity index (χ1v) is 7.36. The first-order chi connectivity index (χ1) is 8.40. The number of halogens is 1. The van der Waals surface area contributed by atoms with Crippen LogP contribution in [0.1, 0.15) is 44.2 Å². The Morgan fingerprint density at radius 1 is 1.33 bits per heavy atom. The van der Waals surface area contributed by atoms with Gasteiger partial charge in [0.15, 0.2) is 0 Å². The average molecular weight is 313 g/mol. The fraction of sp³-hybridized carbons (Fsp3) is 0.643. The van der Waals surface area contributed by atoms with E-state index in [-0.39, 0.29) is 5.91 Å². The largest absolute Gasteiger partial charge is 0.340 e. The van der Waals surface area contributed by atoms with Crippen molar-refractivity contribution in [3.8, 4) is 0 Å². The minimum Gasteiger partial charge on any atom is -0.340 e. The Labute approximate surface area is 117 Å². The molecule has 2 atom stereocenters. The molecule has 0 aromatic carbocycles. The number of hydrogen-bond donors (Lipinski definition) is 0. The predicted octanol–water partition coefficient (Wildman–Crippen LogP) is 3.56. The SMILES string of the molecule is CC1CN(C(=O)c2cc(Br)cn2C(C)C)CC1C. The van der Waals surface area contributed by atoms with Crippen molar-refractivity contribution in [3.05, 3.63) is 22.4 Å². The lowest BCUT2D eigenvalue weighted by Crippen LogP contribution is -2.30. The van der Waals surface area contributed by atoms with Crippen molar-refractivity contribution < 1.29 is 4.79 Å². The third kappa shape index (κ3) is 2.48. The molecular formula is C14H21BrN2O. The van der Waals surface area contributed by atoms with E-state index in [9.17, 15) is 4.79 Å². The molecule has 1 aromatic rings. The Morgan fingerprint density at radius 3 is 2.39 bits per heavy atom. The van der Waals surface area contributed by atoms with E-state index in [2.05, 4.69) is 43.6 Å². The Kier molecular flexibility index (Phi) is 3.85. The molecule has 1 fully saturated rings. The smallest absolute Gasteiger partial charge is 0.270 e. The van der Waals surface area contributed by atoms with Gasteiger partial charge in [-0.05, 0) is 47.7 Å². The van der Waals surface area contributed by atoms with E-state index in [4.69, 9.17) is 0 Å². The summed E-state index contributed by atoms with van der Waals surface area (Å²) in [4.78, 5) is 14.5. The van der Waals surface area contributed by atoms with Crippen LogP contribution >= 0.6 is 15.9 Å². The Balaban J connectivity index is 2.24. The highest BCUT2D eigenvalue weighted by molar-refractivity contribution is 9.10. The van der Waals surface area contributed by atoms with Crippen molar-refractivity contribution >= 4 is 21.8 Å². The molecule has 0 spiro atoms. The molecule has 2 rings (SSSR count). The summed E-state index contributed by atoms with van der Waals surface area (Å²) >= 11 is 3.46. The van der Waals surface area contributed by atoms with Crippen LogP contribution in [0.2, 0.25) is 0 Å². The summed E-state index contributed by atoms with van der Waals surface area (Å²) in [7, 11) is 0. The maximum atomic E-state index is 12.6. The third-order valence-corrected chi connectivity index (χ3v) is 4.30. The van der Waals surface area contributed by atoms with Gasteiger partial charge in [0.2, 0.25) is 0 Å². The number of likely N-dealkylation sites (tertiary alicyclic amines) is 1. The van der Waals surface area contributed by atoms with Crippen molar-refractivity contribution in [2.24, 2.45) is 11.8 Å². The zero-order chi connectivity index (χ0) is 13.4. The van der Waals surface area contributed by atoms with Crippen molar-refractivity contribution in [1.29, 1.82) is 0 Å². The van der Waals surface area contributed by atoms with Crippen LogP contribution in [-0.2, 0) is 0 Å².